The summed E-state index contributed by atoms with van der Waals surface area (Å²) in [5.74, 6) is 0.242. The highest BCUT2D eigenvalue weighted by molar-refractivity contribution is 5.87. The van der Waals surface area contributed by atoms with Crippen LogP contribution in [0.2, 0.25) is 0 Å². The minimum absolute atomic E-state index is 0.161. The Hall–Kier alpha value is -4.39. The third-order valence-electron chi connectivity index (χ3n) is 6.60. The predicted octanol–water partition coefficient (Wildman–Crippen LogP) is 6.05. The van der Waals surface area contributed by atoms with Crippen LogP contribution in [0.15, 0.2) is 91.1 Å². The van der Waals surface area contributed by atoms with Crippen LogP contribution in [0.4, 0.5) is 10.6 Å². The third-order valence-corrected chi connectivity index (χ3v) is 6.60. The number of hydrogen-bond acceptors (Lipinski definition) is 5. The number of benzene rings is 3. The Balaban J connectivity index is 1.22. The number of hydrogen-bond donors (Lipinski definition) is 1. The van der Waals surface area contributed by atoms with Gasteiger partial charge in [-0.25, -0.2) is 9.48 Å². The number of carbonyl (C=O) groups excluding carboxylic acids is 2. The van der Waals surface area contributed by atoms with Gasteiger partial charge in [0, 0.05) is 12.3 Å². The maximum Gasteiger partial charge on any atom is 0.413 e. The SMILES string of the molecule is COC(=O)C1(c2ccc(-c3ccc(-n4ccc(NC(=O)O[C@H](C)c5ccccc5)n4)cc3)cc2)CC1. The molecule has 1 atom stereocenters. The Bertz CT molecular complexity index is 1360. The number of amides is 1. The number of anilines is 1. The topological polar surface area (TPSA) is 82.5 Å². The lowest BCUT2D eigenvalue weighted by Crippen LogP contribution is -2.21. The average molecular weight is 482 g/mol. The molecule has 1 N–H and O–H groups in total. The Morgan fingerprint density at radius 1 is 0.917 bits per heavy atom. The summed E-state index contributed by atoms with van der Waals surface area (Å²) in [6, 6.07) is 27.3. The highest BCUT2D eigenvalue weighted by atomic mass is 16.6. The van der Waals surface area contributed by atoms with Crippen molar-refractivity contribution in [2.24, 2.45) is 0 Å². The van der Waals surface area contributed by atoms with E-state index >= 15 is 0 Å². The molecule has 0 unspecified atom stereocenters. The molecule has 1 aliphatic rings. The van der Waals surface area contributed by atoms with Crippen molar-refractivity contribution in [1.29, 1.82) is 0 Å². The van der Waals surface area contributed by atoms with E-state index in [4.69, 9.17) is 9.47 Å². The van der Waals surface area contributed by atoms with Gasteiger partial charge in [0.1, 0.15) is 6.10 Å². The normalized spacial score (nSPS) is 14.5. The Morgan fingerprint density at radius 3 is 2.17 bits per heavy atom. The molecule has 1 fully saturated rings. The molecule has 36 heavy (non-hydrogen) atoms. The van der Waals surface area contributed by atoms with Gasteiger partial charge in [0.15, 0.2) is 5.82 Å². The van der Waals surface area contributed by atoms with Crippen molar-refractivity contribution in [2.45, 2.75) is 31.3 Å². The first-order valence-electron chi connectivity index (χ1n) is 11.9. The van der Waals surface area contributed by atoms with Crippen LogP contribution in [0.25, 0.3) is 16.8 Å². The van der Waals surface area contributed by atoms with E-state index in [1.807, 2.05) is 85.8 Å². The quantitative estimate of drug-likeness (QED) is 0.325. The van der Waals surface area contributed by atoms with Crippen LogP contribution >= 0.6 is 0 Å². The Labute approximate surface area is 209 Å². The summed E-state index contributed by atoms with van der Waals surface area (Å²) in [5, 5.41) is 7.11. The lowest BCUT2D eigenvalue weighted by atomic mass is 9.94. The Kier molecular flexibility index (Phi) is 6.29. The maximum atomic E-state index is 12.3. The summed E-state index contributed by atoms with van der Waals surface area (Å²) in [5.41, 5.74) is 4.43. The molecule has 182 valence electrons. The smallest absolute Gasteiger partial charge is 0.413 e. The third kappa shape index (κ3) is 4.73. The highest BCUT2D eigenvalue weighted by Gasteiger charge is 2.52. The monoisotopic (exact) mass is 481 g/mol. The zero-order chi connectivity index (χ0) is 25.1. The van der Waals surface area contributed by atoms with Crippen molar-refractivity contribution in [3.05, 3.63) is 102 Å². The lowest BCUT2D eigenvalue weighted by Gasteiger charge is -2.13. The van der Waals surface area contributed by atoms with Crippen LogP contribution < -0.4 is 5.32 Å². The Morgan fingerprint density at radius 2 is 1.56 bits per heavy atom. The van der Waals surface area contributed by atoms with E-state index in [2.05, 4.69) is 10.4 Å². The first kappa shape index (κ1) is 23.4. The summed E-state index contributed by atoms with van der Waals surface area (Å²) in [6.07, 6.45) is 2.51. The fraction of sp³-hybridized carbons (Fsp3) is 0.207. The molecule has 5 rings (SSSR count). The van der Waals surface area contributed by atoms with E-state index in [-0.39, 0.29) is 12.1 Å². The second kappa shape index (κ2) is 9.70. The van der Waals surface area contributed by atoms with Crippen molar-refractivity contribution in [3.8, 4) is 16.8 Å². The summed E-state index contributed by atoms with van der Waals surface area (Å²) >= 11 is 0. The van der Waals surface area contributed by atoms with E-state index in [1.54, 1.807) is 16.9 Å². The standard InChI is InChI=1S/C29H27N3O4/c1-20(21-6-4-3-5-7-21)36-28(34)30-26-16-19-32(31-26)25-14-10-23(11-15-25)22-8-12-24(13-9-22)29(17-18-29)27(33)35-2/h3-16,19-20H,17-18H2,1-2H3,(H,30,31,34)/t20-/m1/s1. The fourth-order valence-corrected chi connectivity index (χ4v) is 4.34. The van der Waals surface area contributed by atoms with Crippen molar-refractivity contribution in [3.63, 3.8) is 0 Å². The summed E-state index contributed by atoms with van der Waals surface area (Å²) in [4.78, 5) is 24.4. The molecule has 7 heteroatoms. The highest BCUT2D eigenvalue weighted by Crippen LogP contribution is 2.49. The number of rotatable bonds is 7. The number of aromatic nitrogens is 2. The second-order valence-corrected chi connectivity index (χ2v) is 8.93. The van der Waals surface area contributed by atoms with Gasteiger partial charge in [0.05, 0.1) is 18.2 Å². The first-order chi connectivity index (χ1) is 17.5. The van der Waals surface area contributed by atoms with Crippen LogP contribution in [0.3, 0.4) is 0 Å². The zero-order valence-corrected chi connectivity index (χ0v) is 20.2. The molecule has 1 aliphatic carbocycles. The van der Waals surface area contributed by atoms with Crippen LogP contribution in [-0.4, -0.2) is 29.0 Å². The van der Waals surface area contributed by atoms with E-state index in [0.717, 1.165) is 40.8 Å². The summed E-state index contributed by atoms with van der Waals surface area (Å²) < 4.78 is 12.1. The van der Waals surface area contributed by atoms with Crippen LogP contribution in [0, 0.1) is 0 Å². The molecule has 1 heterocycles. The van der Waals surface area contributed by atoms with Crippen molar-refractivity contribution < 1.29 is 19.1 Å². The van der Waals surface area contributed by atoms with Gasteiger partial charge < -0.3 is 9.47 Å². The number of nitrogens with one attached hydrogen (secondary N) is 1. The van der Waals surface area contributed by atoms with Gasteiger partial charge in [-0.3, -0.25) is 10.1 Å². The minimum atomic E-state index is -0.560. The van der Waals surface area contributed by atoms with Gasteiger partial charge in [-0.2, -0.15) is 0 Å². The molecule has 0 spiro atoms. The molecule has 0 aliphatic heterocycles. The number of esters is 1. The molecule has 7 nitrogen and oxygen atoms in total. The van der Waals surface area contributed by atoms with Gasteiger partial charge in [-0.1, -0.05) is 66.7 Å². The van der Waals surface area contributed by atoms with Crippen molar-refractivity contribution >= 4 is 17.9 Å². The molecule has 1 aromatic heterocycles. The first-order valence-corrected chi connectivity index (χ1v) is 11.9. The zero-order valence-electron chi connectivity index (χ0n) is 20.2. The number of methoxy groups -OCH3 is 1. The molecular weight excluding hydrogens is 454 g/mol. The van der Waals surface area contributed by atoms with E-state index in [9.17, 15) is 9.59 Å². The van der Waals surface area contributed by atoms with Gasteiger partial charge >= 0.3 is 12.1 Å². The molecule has 0 radical (unpaired) electrons. The molecule has 1 saturated carbocycles. The second-order valence-electron chi connectivity index (χ2n) is 8.93. The van der Waals surface area contributed by atoms with Crippen LogP contribution in [-0.2, 0) is 19.7 Å². The largest absolute Gasteiger partial charge is 0.468 e. The molecule has 0 saturated heterocycles. The molecule has 3 aromatic carbocycles. The van der Waals surface area contributed by atoms with E-state index < -0.39 is 11.5 Å². The molecular formula is C29H27N3O4. The van der Waals surface area contributed by atoms with Crippen LogP contribution in [0.5, 0.6) is 0 Å². The summed E-state index contributed by atoms with van der Waals surface area (Å²) in [6.45, 7) is 1.83. The van der Waals surface area contributed by atoms with Crippen LogP contribution in [0.1, 0.15) is 37.0 Å². The van der Waals surface area contributed by atoms with E-state index in [1.165, 1.54) is 7.11 Å². The number of ether oxygens (including phenoxy) is 2. The van der Waals surface area contributed by atoms with Crippen molar-refractivity contribution in [1.82, 2.24) is 9.78 Å². The van der Waals surface area contributed by atoms with Gasteiger partial charge in [-0.15, -0.1) is 5.10 Å². The number of carbonyl (C=O) groups is 2. The van der Waals surface area contributed by atoms with Gasteiger partial charge in [-0.05, 0) is 54.2 Å². The van der Waals surface area contributed by atoms with E-state index in [0.29, 0.717) is 5.82 Å². The lowest BCUT2D eigenvalue weighted by molar-refractivity contribution is -0.143. The van der Waals surface area contributed by atoms with Crippen molar-refractivity contribution in [2.75, 3.05) is 12.4 Å². The van der Waals surface area contributed by atoms with Gasteiger partial charge in [0.2, 0.25) is 0 Å². The predicted molar refractivity (Wildman–Crippen MR) is 137 cm³/mol. The number of nitrogens with zero attached hydrogens (tertiary/aromatic N) is 2. The molecule has 0 bridgehead atoms. The molecule has 1 amide bonds. The summed E-state index contributed by atoms with van der Waals surface area (Å²) in [7, 11) is 1.44. The minimum Gasteiger partial charge on any atom is -0.468 e. The fourth-order valence-electron chi connectivity index (χ4n) is 4.34. The molecule has 4 aromatic rings. The van der Waals surface area contributed by atoms with Gasteiger partial charge in [0.25, 0.3) is 0 Å². The maximum absolute atomic E-state index is 12.3. The average Bonchev–Trinajstić information content (AvgIpc) is 3.61.